The van der Waals surface area contributed by atoms with Gasteiger partial charge in [-0.3, -0.25) is 9.69 Å². The molecule has 1 atom stereocenters. The maximum Gasteiger partial charge on any atom is 0.237 e. The number of carbonyl (C=O) groups is 1. The topological polar surface area (TPSA) is 52.6 Å². The Morgan fingerprint density at radius 1 is 1.18 bits per heavy atom. The van der Waals surface area contributed by atoms with Gasteiger partial charge in [0.05, 0.1) is 12.6 Å². The van der Waals surface area contributed by atoms with Gasteiger partial charge in [-0.1, -0.05) is 44.5 Å². The highest BCUT2D eigenvalue weighted by Gasteiger charge is 2.29. The fourth-order valence-electron chi connectivity index (χ4n) is 3.26. The van der Waals surface area contributed by atoms with Crippen molar-refractivity contribution >= 4 is 5.91 Å². The summed E-state index contributed by atoms with van der Waals surface area (Å²) in [6, 6.07) is 7.64. The van der Waals surface area contributed by atoms with Gasteiger partial charge in [0.2, 0.25) is 5.91 Å². The Hall–Kier alpha value is -1.39. The second-order valence-electron chi connectivity index (χ2n) is 6.43. The van der Waals surface area contributed by atoms with E-state index in [1.165, 1.54) is 19.3 Å². The summed E-state index contributed by atoms with van der Waals surface area (Å²) in [6.07, 6.45) is 3.64. The van der Waals surface area contributed by atoms with Crippen molar-refractivity contribution < 1.29 is 9.90 Å². The first-order valence-corrected chi connectivity index (χ1v) is 8.33. The molecule has 1 aliphatic heterocycles. The second-order valence-corrected chi connectivity index (χ2v) is 6.43. The van der Waals surface area contributed by atoms with Crippen molar-refractivity contribution in [3.05, 3.63) is 35.4 Å². The monoisotopic (exact) mass is 304 g/mol. The number of amides is 1. The molecule has 1 fully saturated rings. The Morgan fingerprint density at radius 2 is 1.82 bits per heavy atom. The maximum absolute atomic E-state index is 12.6. The number of hydrogen-bond donors (Lipinski definition) is 2. The number of rotatable bonds is 6. The van der Waals surface area contributed by atoms with Crippen LogP contribution in [0.5, 0.6) is 0 Å². The minimum Gasteiger partial charge on any atom is -0.392 e. The first kappa shape index (κ1) is 17.0. The van der Waals surface area contributed by atoms with Crippen LogP contribution in [0.25, 0.3) is 0 Å². The second kappa shape index (κ2) is 8.30. The van der Waals surface area contributed by atoms with Gasteiger partial charge in [-0.15, -0.1) is 0 Å². The Morgan fingerprint density at radius 3 is 2.41 bits per heavy atom. The van der Waals surface area contributed by atoms with Crippen LogP contribution in [-0.4, -0.2) is 35.0 Å². The summed E-state index contributed by atoms with van der Waals surface area (Å²) in [5.41, 5.74) is 1.86. The molecule has 1 aliphatic rings. The molecule has 1 heterocycles. The largest absolute Gasteiger partial charge is 0.392 e. The van der Waals surface area contributed by atoms with Gasteiger partial charge in [0, 0.05) is 6.54 Å². The van der Waals surface area contributed by atoms with Gasteiger partial charge in [-0.2, -0.15) is 0 Å². The van der Waals surface area contributed by atoms with Crippen LogP contribution in [0.15, 0.2) is 24.3 Å². The molecule has 0 aromatic heterocycles. The van der Waals surface area contributed by atoms with Crippen LogP contribution in [0.3, 0.4) is 0 Å². The standard InChI is InChI=1S/C18H28N2O2/c1-14(2)17(20-10-6-3-7-11-20)18(22)19-12-15-8-4-5-9-16(15)13-21/h4-5,8-9,14,17,21H,3,6-7,10-13H2,1-2H3,(H,19,22). The van der Waals surface area contributed by atoms with E-state index in [2.05, 4.69) is 24.1 Å². The molecule has 4 nitrogen and oxygen atoms in total. The number of carbonyl (C=O) groups excluding carboxylic acids is 1. The molecule has 0 spiro atoms. The van der Waals surface area contributed by atoms with Crippen molar-refractivity contribution in [2.45, 2.75) is 52.3 Å². The highest BCUT2D eigenvalue weighted by atomic mass is 16.3. The number of likely N-dealkylation sites (tertiary alicyclic amines) is 1. The van der Waals surface area contributed by atoms with Crippen LogP contribution in [-0.2, 0) is 17.9 Å². The Balaban J connectivity index is 1.99. The van der Waals surface area contributed by atoms with Crippen LogP contribution < -0.4 is 5.32 Å². The Bertz CT molecular complexity index is 482. The molecular weight excluding hydrogens is 276 g/mol. The summed E-state index contributed by atoms with van der Waals surface area (Å²) in [6.45, 7) is 6.74. The van der Waals surface area contributed by atoms with E-state index >= 15 is 0 Å². The predicted octanol–water partition coefficient (Wildman–Crippen LogP) is 2.31. The first-order valence-electron chi connectivity index (χ1n) is 8.33. The summed E-state index contributed by atoms with van der Waals surface area (Å²) in [5, 5.41) is 12.4. The molecule has 22 heavy (non-hydrogen) atoms. The lowest BCUT2D eigenvalue weighted by Gasteiger charge is -2.35. The highest BCUT2D eigenvalue weighted by molar-refractivity contribution is 5.82. The molecule has 0 bridgehead atoms. The SMILES string of the molecule is CC(C)C(C(=O)NCc1ccccc1CO)N1CCCCC1. The van der Waals surface area contributed by atoms with Crippen molar-refractivity contribution in [3.63, 3.8) is 0 Å². The number of piperidine rings is 1. The van der Waals surface area contributed by atoms with E-state index < -0.39 is 0 Å². The minimum absolute atomic E-state index is 0.00573. The van der Waals surface area contributed by atoms with Gasteiger partial charge >= 0.3 is 0 Å². The molecule has 1 aromatic carbocycles. The Labute approximate surface area is 133 Å². The third-order valence-electron chi connectivity index (χ3n) is 4.43. The molecule has 4 heteroatoms. The molecule has 0 radical (unpaired) electrons. The summed E-state index contributed by atoms with van der Waals surface area (Å²) >= 11 is 0. The number of hydrogen-bond acceptors (Lipinski definition) is 3. The van der Waals surface area contributed by atoms with Crippen LogP contribution in [0.4, 0.5) is 0 Å². The van der Waals surface area contributed by atoms with Gasteiger partial charge in [-0.25, -0.2) is 0 Å². The van der Waals surface area contributed by atoms with Gasteiger partial charge in [0.1, 0.15) is 0 Å². The number of nitrogens with zero attached hydrogens (tertiary/aromatic N) is 1. The molecule has 0 saturated carbocycles. The van der Waals surface area contributed by atoms with Crippen molar-refractivity contribution in [1.29, 1.82) is 0 Å². The van der Waals surface area contributed by atoms with Crippen molar-refractivity contribution in [1.82, 2.24) is 10.2 Å². The average molecular weight is 304 g/mol. The molecule has 122 valence electrons. The summed E-state index contributed by atoms with van der Waals surface area (Å²) in [4.78, 5) is 15.0. The van der Waals surface area contributed by atoms with Crippen molar-refractivity contribution in [2.24, 2.45) is 5.92 Å². The third-order valence-corrected chi connectivity index (χ3v) is 4.43. The fourth-order valence-corrected chi connectivity index (χ4v) is 3.26. The van der Waals surface area contributed by atoms with E-state index in [0.29, 0.717) is 12.5 Å². The Kier molecular flexibility index (Phi) is 6.40. The van der Waals surface area contributed by atoms with Gasteiger partial charge in [0.15, 0.2) is 0 Å². The first-order chi connectivity index (χ1) is 10.6. The summed E-state index contributed by atoms with van der Waals surface area (Å²) < 4.78 is 0. The molecule has 1 aromatic rings. The molecular formula is C18H28N2O2. The lowest BCUT2D eigenvalue weighted by Crippen LogP contribution is -2.51. The van der Waals surface area contributed by atoms with E-state index in [-0.39, 0.29) is 18.6 Å². The van der Waals surface area contributed by atoms with Crippen LogP contribution >= 0.6 is 0 Å². The third kappa shape index (κ3) is 4.31. The number of benzene rings is 1. The lowest BCUT2D eigenvalue weighted by molar-refractivity contribution is -0.128. The van der Waals surface area contributed by atoms with Crippen LogP contribution in [0.2, 0.25) is 0 Å². The highest BCUT2D eigenvalue weighted by Crippen LogP contribution is 2.18. The average Bonchev–Trinajstić information content (AvgIpc) is 2.54. The molecule has 2 rings (SSSR count). The molecule has 1 unspecified atom stereocenters. The zero-order chi connectivity index (χ0) is 15.9. The van der Waals surface area contributed by atoms with Crippen LogP contribution in [0.1, 0.15) is 44.2 Å². The molecule has 0 aliphatic carbocycles. The van der Waals surface area contributed by atoms with E-state index in [1.807, 2.05) is 24.3 Å². The van der Waals surface area contributed by atoms with Gasteiger partial charge < -0.3 is 10.4 Å². The maximum atomic E-state index is 12.6. The van der Waals surface area contributed by atoms with E-state index in [0.717, 1.165) is 24.2 Å². The van der Waals surface area contributed by atoms with Crippen molar-refractivity contribution in [2.75, 3.05) is 13.1 Å². The molecule has 1 saturated heterocycles. The van der Waals surface area contributed by atoms with Crippen molar-refractivity contribution in [3.8, 4) is 0 Å². The smallest absolute Gasteiger partial charge is 0.237 e. The predicted molar refractivity (Wildman–Crippen MR) is 88.3 cm³/mol. The summed E-state index contributed by atoms with van der Waals surface area (Å²) in [7, 11) is 0. The number of aliphatic hydroxyl groups is 1. The zero-order valence-corrected chi connectivity index (χ0v) is 13.7. The van der Waals surface area contributed by atoms with Gasteiger partial charge in [-0.05, 0) is 43.0 Å². The molecule has 2 N–H and O–H groups in total. The van der Waals surface area contributed by atoms with E-state index in [1.54, 1.807) is 0 Å². The summed E-state index contributed by atoms with van der Waals surface area (Å²) in [5.74, 6) is 0.399. The lowest BCUT2D eigenvalue weighted by atomic mass is 9.98. The quantitative estimate of drug-likeness (QED) is 0.848. The van der Waals surface area contributed by atoms with Crippen LogP contribution in [0, 0.1) is 5.92 Å². The minimum atomic E-state index is -0.0541. The normalized spacial score (nSPS) is 17.5. The van der Waals surface area contributed by atoms with E-state index in [4.69, 9.17) is 0 Å². The number of aliphatic hydroxyl groups excluding tert-OH is 1. The molecule has 1 amide bonds. The van der Waals surface area contributed by atoms with Gasteiger partial charge in [0.25, 0.3) is 0 Å². The fraction of sp³-hybridized carbons (Fsp3) is 0.611. The number of nitrogens with one attached hydrogen (secondary N) is 1. The zero-order valence-electron chi connectivity index (χ0n) is 13.7. The van der Waals surface area contributed by atoms with E-state index in [9.17, 15) is 9.90 Å².